The summed E-state index contributed by atoms with van der Waals surface area (Å²) in [6.07, 6.45) is 1.76. The van der Waals surface area contributed by atoms with Crippen LogP contribution in [0.4, 0.5) is 0 Å². The molecule has 0 bridgehead atoms. The van der Waals surface area contributed by atoms with Crippen molar-refractivity contribution in [2.45, 2.75) is 6.10 Å². The number of rotatable bonds is 5. The number of pyridine rings is 1. The Morgan fingerprint density at radius 1 is 1.67 bits per heavy atom. The minimum atomic E-state index is -1.10. The van der Waals surface area contributed by atoms with Crippen molar-refractivity contribution in [3.05, 3.63) is 23.5 Å². The predicted octanol–water partition coefficient (Wildman–Crippen LogP) is 1.21. The lowest BCUT2D eigenvalue weighted by Gasteiger charge is -2.13. The second-order valence-corrected chi connectivity index (χ2v) is 3.18. The first-order valence-corrected chi connectivity index (χ1v) is 4.50. The van der Waals surface area contributed by atoms with Gasteiger partial charge in [0, 0.05) is 19.4 Å². The molecule has 0 aliphatic heterocycles. The summed E-state index contributed by atoms with van der Waals surface area (Å²) in [7, 11) is 1.40. The standard InChI is InChI=1S/C9H10ClNO4/c1-14-5-8(9(12)13)15-7-2-6(10)3-11-4-7/h2-4,8H,5H2,1H3,(H,12,13). The Labute approximate surface area is 91.6 Å². The zero-order valence-electron chi connectivity index (χ0n) is 8.01. The Kier molecular flexibility index (Phi) is 4.33. The second kappa shape index (κ2) is 5.53. The van der Waals surface area contributed by atoms with Crippen molar-refractivity contribution < 1.29 is 19.4 Å². The van der Waals surface area contributed by atoms with Gasteiger partial charge in [0.25, 0.3) is 0 Å². The molecule has 1 N–H and O–H groups in total. The molecule has 0 saturated carbocycles. The Hall–Kier alpha value is -1.33. The predicted molar refractivity (Wildman–Crippen MR) is 53.2 cm³/mol. The highest BCUT2D eigenvalue weighted by atomic mass is 35.5. The SMILES string of the molecule is COCC(Oc1cncc(Cl)c1)C(=O)O. The lowest BCUT2D eigenvalue weighted by atomic mass is 10.3. The van der Waals surface area contributed by atoms with Crippen LogP contribution in [0.15, 0.2) is 18.5 Å². The summed E-state index contributed by atoms with van der Waals surface area (Å²) in [5, 5.41) is 9.16. The highest BCUT2D eigenvalue weighted by Crippen LogP contribution is 2.16. The maximum atomic E-state index is 10.7. The monoisotopic (exact) mass is 231 g/mol. The number of carboxylic acids is 1. The Morgan fingerprint density at radius 3 is 2.93 bits per heavy atom. The van der Waals surface area contributed by atoms with Gasteiger partial charge in [-0.3, -0.25) is 4.98 Å². The normalized spacial score (nSPS) is 12.1. The molecule has 15 heavy (non-hydrogen) atoms. The van der Waals surface area contributed by atoms with Gasteiger partial charge in [0.1, 0.15) is 5.75 Å². The smallest absolute Gasteiger partial charge is 0.347 e. The molecule has 0 fully saturated rings. The van der Waals surface area contributed by atoms with E-state index in [2.05, 4.69) is 4.98 Å². The van der Waals surface area contributed by atoms with Gasteiger partial charge in [-0.2, -0.15) is 0 Å². The number of methoxy groups -OCH3 is 1. The van der Waals surface area contributed by atoms with E-state index >= 15 is 0 Å². The molecule has 1 atom stereocenters. The average Bonchev–Trinajstić information content (AvgIpc) is 2.17. The van der Waals surface area contributed by atoms with Crippen LogP contribution in [-0.4, -0.2) is 35.9 Å². The third-order valence-electron chi connectivity index (χ3n) is 1.55. The third kappa shape index (κ3) is 3.73. The van der Waals surface area contributed by atoms with Gasteiger partial charge in [-0.25, -0.2) is 4.79 Å². The molecule has 5 nitrogen and oxygen atoms in total. The number of nitrogens with zero attached hydrogens (tertiary/aromatic N) is 1. The minimum Gasteiger partial charge on any atom is -0.478 e. The first-order valence-electron chi connectivity index (χ1n) is 4.12. The summed E-state index contributed by atoms with van der Waals surface area (Å²) < 4.78 is 9.83. The van der Waals surface area contributed by atoms with Gasteiger partial charge in [-0.1, -0.05) is 11.6 Å². The van der Waals surface area contributed by atoms with Gasteiger partial charge in [-0.15, -0.1) is 0 Å². The van der Waals surface area contributed by atoms with E-state index in [1.165, 1.54) is 25.6 Å². The van der Waals surface area contributed by atoms with E-state index in [1.54, 1.807) is 0 Å². The molecule has 6 heteroatoms. The number of halogens is 1. The van der Waals surface area contributed by atoms with Crippen molar-refractivity contribution in [1.29, 1.82) is 0 Å². The maximum Gasteiger partial charge on any atom is 0.347 e. The zero-order chi connectivity index (χ0) is 11.3. The summed E-state index contributed by atoms with van der Waals surface area (Å²) in [5.41, 5.74) is 0. The number of carbonyl (C=O) groups is 1. The summed E-state index contributed by atoms with van der Waals surface area (Å²) in [5.74, 6) is -0.802. The van der Waals surface area contributed by atoms with Crippen molar-refractivity contribution in [3.63, 3.8) is 0 Å². The highest BCUT2D eigenvalue weighted by Gasteiger charge is 2.19. The lowest BCUT2D eigenvalue weighted by molar-refractivity contribution is -0.147. The Balaban J connectivity index is 2.69. The van der Waals surface area contributed by atoms with Crippen LogP contribution in [0.3, 0.4) is 0 Å². The summed E-state index contributed by atoms with van der Waals surface area (Å²) >= 11 is 5.66. The van der Waals surface area contributed by atoms with Crippen molar-refractivity contribution in [1.82, 2.24) is 4.98 Å². The second-order valence-electron chi connectivity index (χ2n) is 2.74. The molecule has 0 spiro atoms. The van der Waals surface area contributed by atoms with Gasteiger partial charge in [-0.05, 0) is 0 Å². The molecule has 1 unspecified atom stereocenters. The van der Waals surface area contributed by atoms with E-state index in [0.29, 0.717) is 10.8 Å². The van der Waals surface area contributed by atoms with E-state index in [-0.39, 0.29) is 6.61 Å². The average molecular weight is 232 g/mol. The van der Waals surface area contributed by atoms with E-state index in [4.69, 9.17) is 26.2 Å². The van der Waals surface area contributed by atoms with Crippen molar-refractivity contribution in [3.8, 4) is 5.75 Å². The molecule has 1 aromatic heterocycles. The number of hydrogen-bond acceptors (Lipinski definition) is 4. The van der Waals surface area contributed by atoms with Crippen LogP contribution in [-0.2, 0) is 9.53 Å². The Bertz CT molecular complexity index is 345. The molecule has 0 aliphatic carbocycles. The van der Waals surface area contributed by atoms with Crippen LogP contribution in [0, 0.1) is 0 Å². The molecule has 0 radical (unpaired) electrons. The van der Waals surface area contributed by atoms with E-state index < -0.39 is 12.1 Å². The summed E-state index contributed by atoms with van der Waals surface area (Å²) in [4.78, 5) is 14.5. The van der Waals surface area contributed by atoms with Gasteiger partial charge < -0.3 is 14.6 Å². The van der Waals surface area contributed by atoms with Crippen LogP contribution >= 0.6 is 11.6 Å². The lowest BCUT2D eigenvalue weighted by Crippen LogP contribution is -2.31. The van der Waals surface area contributed by atoms with E-state index in [0.717, 1.165) is 0 Å². The first kappa shape index (κ1) is 11.7. The van der Waals surface area contributed by atoms with E-state index in [1.807, 2.05) is 0 Å². The quantitative estimate of drug-likeness (QED) is 0.825. The molecule has 0 amide bonds. The fraction of sp³-hybridized carbons (Fsp3) is 0.333. The molecule has 1 rings (SSSR count). The number of aliphatic carboxylic acids is 1. The zero-order valence-corrected chi connectivity index (χ0v) is 8.77. The van der Waals surface area contributed by atoms with Crippen molar-refractivity contribution in [2.24, 2.45) is 0 Å². The molecule has 1 aromatic rings. The molecular weight excluding hydrogens is 222 g/mol. The summed E-state index contributed by atoms with van der Waals surface area (Å²) in [6.45, 7) is -0.0398. The Morgan fingerprint density at radius 2 is 2.40 bits per heavy atom. The number of hydrogen-bond donors (Lipinski definition) is 1. The van der Waals surface area contributed by atoms with Crippen LogP contribution in [0.25, 0.3) is 0 Å². The van der Waals surface area contributed by atoms with Crippen LogP contribution in [0.1, 0.15) is 0 Å². The van der Waals surface area contributed by atoms with Gasteiger partial charge in [0.2, 0.25) is 6.10 Å². The molecular formula is C9H10ClNO4. The first-order chi connectivity index (χ1) is 7.13. The largest absolute Gasteiger partial charge is 0.478 e. The minimum absolute atomic E-state index is 0.0398. The highest BCUT2D eigenvalue weighted by molar-refractivity contribution is 6.30. The molecule has 0 aromatic carbocycles. The van der Waals surface area contributed by atoms with Crippen molar-refractivity contribution >= 4 is 17.6 Å². The molecule has 82 valence electrons. The molecule has 1 heterocycles. The van der Waals surface area contributed by atoms with Crippen molar-refractivity contribution in [2.75, 3.05) is 13.7 Å². The van der Waals surface area contributed by atoms with E-state index in [9.17, 15) is 4.79 Å². The number of aromatic nitrogens is 1. The van der Waals surface area contributed by atoms with Crippen LogP contribution < -0.4 is 4.74 Å². The maximum absolute atomic E-state index is 10.7. The summed E-state index contributed by atoms with van der Waals surface area (Å²) in [6, 6.07) is 1.49. The molecule has 0 aliphatic rings. The van der Waals surface area contributed by atoms with Gasteiger partial charge >= 0.3 is 5.97 Å². The fourth-order valence-electron chi connectivity index (χ4n) is 0.928. The number of carboxylic acid groups (broad SMARTS) is 1. The number of ether oxygens (including phenoxy) is 2. The fourth-order valence-corrected chi connectivity index (χ4v) is 1.09. The van der Waals surface area contributed by atoms with Gasteiger partial charge in [0.15, 0.2) is 0 Å². The third-order valence-corrected chi connectivity index (χ3v) is 1.76. The van der Waals surface area contributed by atoms with Crippen LogP contribution in [0.5, 0.6) is 5.75 Å². The van der Waals surface area contributed by atoms with Crippen LogP contribution in [0.2, 0.25) is 5.02 Å². The topological polar surface area (TPSA) is 68.7 Å². The van der Waals surface area contributed by atoms with Gasteiger partial charge in [0.05, 0.1) is 17.8 Å². The molecule has 0 saturated heterocycles.